The topological polar surface area (TPSA) is 78.9 Å². The fraction of sp³-hybridized carbons (Fsp3) is 0.242. The lowest BCUT2D eigenvalue weighted by atomic mass is 9.57. The highest BCUT2D eigenvalue weighted by Gasteiger charge is 2.50. The van der Waals surface area contributed by atoms with Gasteiger partial charge < -0.3 is 5.11 Å². The molecule has 188 valence electrons. The van der Waals surface area contributed by atoms with Gasteiger partial charge in [0.15, 0.2) is 5.78 Å². The molecule has 1 aromatic heterocycles. The van der Waals surface area contributed by atoms with Gasteiger partial charge in [-0.05, 0) is 47.6 Å². The van der Waals surface area contributed by atoms with E-state index < -0.39 is 5.41 Å². The molecule has 38 heavy (non-hydrogen) atoms. The molecule has 1 heterocycles. The van der Waals surface area contributed by atoms with Crippen LogP contribution in [0.25, 0.3) is 28.1 Å². The summed E-state index contributed by atoms with van der Waals surface area (Å²) >= 11 is 0. The van der Waals surface area contributed by atoms with Gasteiger partial charge in [-0.25, -0.2) is 4.68 Å². The van der Waals surface area contributed by atoms with Crippen molar-refractivity contribution in [2.24, 2.45) is 11.8 Å². The van der Waals surface area contributed by atoms with E-state index in [1.807, 2.05) is 60.1 Å². The van der Waals surface area contributed by atoms with E-state index in [1.165, 1.54) is 0 Å². The summed E-state index contributed by atoms with van der Waals surface area (Å²) < 4.78 is 2.03. The highest BCUT2D eigenvalue weighted by molar-refractivity contribution is 6.02. The van der Waals surface area contributed by atoms with Crippen LogP contribution in [0, 0.1) is 23.2 Å². The molecule has 0 saturated heterocycles. The number of nitriles is 1. The number of nitrogens with zero attached hydrogens (tertiary/aromatic N) is 3. The van der Waals surface area contributed by atoms with Crippen molar-refractivity contribution in [3.63, 3.8) is 0 Å². The van der Waals surface area contributed by atoms with Crippen molar-refractivity contribution in [3.8, 4) is 34.1 Å². The van der Waals surface area contributed by atoms with E-state index in [-0.39, 0.29) is 29.8 Å². The van der Waals surface area contributed by atoms with Crippen LogP contribution in [0.5, 0.6) is 0 Å². The molecule has 0 saturated carbocycles. The van der Waals surface area contributed by atoms with Crippen LogP contribution in [0.3, 0.4) is 0 Å². The first-order valence-electron chi connectivity index (χ1n) is 13.1. The summed E-state index contributed by atoms with van der Waals surface area (Å²) in [6, 6.07) is 28.7. The van der Waals surface area contributed by atoms with Gasteiger partial charge in [-0.3, -0.25) is 4.79 Å². The number of ketones is 1. The van der Waals surface area contributed by atoms with Gasteiger partial charge in [-0.15, -0.1) is 0 Å². The van der Waals surface area contributed by atoms with Crippen molar-refractivity contribution in [3.05, 3.63) is 107 Å². The summed E-state index contributed by atoms with van der Waals surface area (Å²) in [7, 11) is 0. The number of benzene rings is 3. The van der Waals surface area contributed by atoms with Crippen LogP contribution in [0.15, 0.2) is 90.5 Å². The number of hydrogen-bond donors (Lipinski definition) is 1. The van der Waals surface area contributed by atoms with Gasteiger partial charge in [-0.2, -0.15) is 10.4 Å². The molecule has 0 unspecified atom stereocenters. The fourth-order valence-electron chi connectivity index (χ4n) is 6.46. The van der Waals surface area contributed by atoms with Crippen LogP contribution < -0.4 is 0 Å². The maximum Gasteiger partial charge on any atom is 0.176 e. The third-order valence-electron chi connectivity index (χ3n) is 8.45. The van der Waals surface area contributed by atoms with Gasteiger partial charge in [0.2, 0.25) is 0 Å². The lowest BCUT2D eigenvalue weighted by Gasteiger charge is -2.45. The Bertz CT molecular complexity index is 1590. The van der Waals surface area contributed by atoms with Crippen LogP contribution in [0.4, 0.5) is 0 Å². The standard InChI is InChI=1S/C33H29N3O2/c1-21-29-17-16-28-30(25-10-8-22(20-37)9-11-25)35-36(32(28)33(29,2)18-26(19-34)31(21)38)27-14-12-24(13-15-27)23-6-4-3-5-7-23/h3-15,18,21,29,37H,16-17,20H2,1-2H3/t21-,29-,33-/m1/s1. The summed E-state index contributed by atoms with van der Waals surface area (Å²) in [5, 5.41) is 24.5. The molecule has 2 aliphatic carbocycles. The van der Waals surface area contributed by atoms with Gasteiger partial charge in [0.1, 0.15) is 6.07 Å². The minimum absolute atomic E-state index is 0.00596. The molecular formula is C33H29N3O2. The van der Waals surface area contributed by atoms with E-state index in [1.54, 1.807) is 0 Å². The van der Waals surface area contributed by atoms with E-state index >= 15 is 0 Å². The Morgan fingerprint density at radius 1 is 1.00 bits per heavy atom. The second-order valence-corrected chi connectivity index (χ2v) is 10.6. The molecule has 0 amide bonds. The number of allylic oxidation sites excluding steroid dienone is 2. The van der Waals surface area contributed by atoms with Crippen LogP contribution in [0.1, 0.15) is 37.1 Å². The van der Waals surface area contributed by atoms with Crippen molar-refractivity contribution in [2.45, 2.75) is 38.7 Å². The predicted octanol–water partition coefficient (Wildman–Crippen LogP) is 6.19. The van der Waals surface area contributed by atoms with Crippen molar-refractivity contribution in [2.75, 3.05) is 0 Å². The molecule has 5 heteroatoms. The van der Waals surface area contributed by atoms with Gasteiger partial charge >= 0.3 is 0 Å². The highest BCUT2D eigenvalue weighted by Crippen LogP contribution is 2.52. The largest absolute Gasteiger partial charge is 0.392 e. The van der Waals surface area contributed by atoms with Crippen LogP contribution >= 0.6 is 0 Å². The summed E-state index contributed by atoms with van der Waals surface area (Å²) in [6.07, 6.45) is 3.56. The van der Waals surface area contributed by atoms with Crippen LogP contribution in [-0.4, -0.2) is 20.7 Å². The number of Topliss-reactive ketones (excluding diaryl/α,β-unsaturated/α-hetero) is 1. The van der Waals surface area contributed by atoms with Gasteiger partial charge in [0.05, 0.1) is 29.3 Å². The zero-order chi connectivity index (χ0) is 26.4. The third kappa shape index (κ3) is 3.72. The summed E-state index contributed by atoms with van der Waals surface area (Å²) in [6.45, 7) is 4.11. The number of fused-ring (bicyclic) bond motifs is 3. The Kier molecular flexibility index (Phi) is 5.86. The number of aromatic nitrogens is 2. The molecule has 0 aliphatic heterocycles. The Hall–Kier alpha value is -4.27. The van der Waals surface area contributed by atoms with Crippen molar-refractivity contribution in [1.82, 2.24) is 9.78 Å². The van der Waals surface area contributed by atoms with Gasteiger partial charge in [0.25, 0.3) is 0 Å². The number of hydrogen-bond acceptors (Lipinski definition) is 4. The van der Waals surface area contributed by atoms with Crippen LogP contribution in [0.2, 0.25) is 0 Å². The monoisotopic (exact) mass is 499 g/mol. The quantitative estimate of drug-likeness (QED) is 0.363. The molecule has 4 aromatic rings. The Balaban J connectivity index is 1.56. The average Bonchev–Trinajstić information content (AvgIpc) is 3.37. The molecule has 0 radical (unpaired) electrons. The van der Waals surface area contributed by atoms with E-state index in [4.69, 9.17) is 5.10 Å². The molecular weight excluding hydrogens is 470 g/mol. The molecule has 0 spiro atoms. The number of aliphatic hydroxyl groups excluding tert-OH is 1. The van der Waals surface area contributed by atoms with E-state index in [2.05, 4.69) is 49.4 Å². The lowest BCUT2D eigenvalue weighted by Crippen LogP contribution is -2.46. The number of rotatable bonds is 4. The van der Waals surface area contributed by atoms with E-state index in [0.717, 1.165) is 57.7 Å². The molecule has 0 bridgehead atoms. The summed E-state index contributed by atoms with van der Waals surface area (Å²) in [5.74, 6) is -0.205. The average molecular weight is 500 g/mol. The van der Waals surface area contributed by atoms with Gasteiger partial charge in [0, 0.05) is 22.5 Å². The minimum atomic E-state index is -0.514. The Morgan fingerprint density at radius 2 is 1.66 bits per heavy atom. The molecule has 6 rings (SSSR count). The molecule has 5 nitrogen and oxygen atoms in total. The van der Waals surface area contributed by atoms with Crippen molar-refractivity contribution < 1.29 is 9.90 Å². The predicted molar refractivity (Wildman–Crippen MR) is 147 cm³/mol. The zero-order valence-electron chi connectivity index (χ0n) is 21.6. The first kappa shape index (κ1) is 24.1. The van der Waals surface area contributed by atoms with Crippen molar-refractivity contribution in [1.29, 1.82) is 5.26 Å². The molecule has 3 aromatic carbocycles. The summed E-state index contributed by atoms with van der Waals surface area (Å²) in [4.78, 5) is 12.9. The number of carbonyl (C=O) groups is 1. The van der Waals surface area contributed by atoms with Crippen LogP contribution in [-0.2, 0) is 23.2 Å². The highest BCUT2D eigenvalue weighted by atomic mass is 16.3. The normalized spacial score (nSPS) is 22.3. The maximum absolute atomic E-state index is 12.9. The minimum Gasteiger partial charge on any atom is -0.392 e. The van der Waals surface area contributed by atoms with E-state index in [9.17, 15) is 15.2 Å². The van der Waals surface area contributed by atoms with Crippen molar-refractivity contribution >= 4 is 5.78 Å². The zero-order valence-corrected chi connectivity index (χ0v) is 21.6. The molecule has 0 fully saturated rings. The second kappa shape index (κ2) is 9.24. The number of aliphatic hydroxyl groups is 1. The SMILES string of the molecule is C[C@H]1C(=O)C(C#N)=C[C@@]2(C)c3c(c(-c4ccc(CO)cc4)nn3-c3ccc(-c4ccccc4)cc3)CC[C@H]12. The molecule has 3 atom stereocenters. The molecule has 2 aliphatic rings. The third-order valence-corrected chi connectivity index (χ3v) is 8.45. The first-order valence-corrected chi connectivity index (χ1v) is 13.1. The summed E-state index contributed by atoms with van der Waals surface area (Å²) in [5.41, 5.74) is 7.91. The Labute approximate surface area is 222 Å². The Morgan fingerprint density at radius 3 is 2.32 bits per heavy atom. The van der Waals surface area contributed by atoms with Gasteiger partial charge in [-0.1, -0.05) is 86.7 Å². The first-order chi connectivity index (χ1) is 18.4. The lowest BCUT2D eigenvalue weighted by molar-refractivity contribution is -0.121. The molecule has 1 N–H and O–H groups in total. The second-order valence-electron chi connectivity index (χ2n) is 10.6. The smallest absolute Gasteiger partial charge is 0.176 e. The fourth-order valence-corrected chi connectivity index (χ4v) is 6.46. The number of carbonyl (C=O) groups excluding carboxylic acids is 1. The maximum atomic E-state index is 12.9. The van der Waals surface area contributed by atoms with E-state index in [0.29, 0.717) is 0 Å².